The summed E-state index contributed by atoms with van der Waals surface area (Å²) in [6.45, 7) is 10.5. The zero-order chi connectivity index (χ0) is 24.0. The molecule has 0 amide bonds. The second kappa shape index (κ2) is 10.6. The average molecular weight is 445 g/mol. The first-order valence-electron chi connectivity index (χ1n) is 10.4. The maximum atomic E-state index is 14.6. The van der Waals surface area contributed by atoms with Crippen LogP contribution in [0, 0.1) is 5.82 Å². The molecule has 3 aromatic carbocycles. The molecule has 33 heavy (non-hydrogen) atoms. The third-order valence-corrected chi connectivity index (χ3v) is 4.96. The number of esters is 2. The number of carbonyl (C=O) groups is 2. The maximum Gasteiger partial charge on any atom is 0.338 e. The van der Waals surface area contributed by atoms with Crippen molar-refractivity contribution in [1.82, 2.24) is 0 Å². The number of ether oxygens (including phenoxy) is 2. The van der Waals surface area contributed by atoms with Gasteiger partial charge in [0.1, 0.15) is 11.6 Å². The van der Waals surface area contributed by atoms with Crippen LogP contribution in [0.1, 0.15) is 19.4 Å². The fourth-order valence-electron chi connectivity index (χ4n) is 3.08. The van der Waals surface area contributed by atoms with Gasteiger partial charge in [-0.2, -0.15) is 0 Å². The largest absolute Gasteiger partial charge is 0.462 e. The molecule has 0 aromatic heterocycles. The number of rotatable bonds is 8. The molecular formula is C28H25FO4. The van der Waals surface area contributed by atoms with Crippen LogP contribution in [0.15, 0.2) is 91.0 Å². The minimum Gasteiger partial charge on any atom is -0.462 e. The monoisotopic (exact) mass is 444 g/mol. The van der Waals surface area contributed by atoms with Gasteiger partial charge < -0.3 is 9.47 Å². The van der Waals surface area contributed by atoms with Crippen LogP contribution in [0.3, 0.4) is 0 Å². The van der Waals surface area contributed by atoms with E-state index in [1.54, 1.807) is 19.1 Å². The van der Waals surface area contributed by atoms with E-state index in [2.05, 4.69) is 13.2 Å². The molecule has 0 aliphatic heterocycles. The first-order chi connectivity index (χ1) is 15.7. The van der Waals surface area contributed by atoms with Gasteiger partial charge in [-0.25, -0.2) is 14.0 Å². The SMILES string of the molecule is C=C(C)C(=O)OCCc1ccc(-c2ccc(-c3ccc(OC(=O)C(=C)C)cc3F)cc2)cc1. The molecule has 0 saturated carbocycles. The van der Waals surface area contributed by atoms with Crippen molar-refractivity contribution in [3.63, 3.8) is 0 Å². The zero-order valence-electron chi connectivity index (χ0n) is 18.7. The summed E-state index contributed by atoms with van der Waals surface area (Å²) in [6.07, 6.45) is 0.620. The molecule has 5 heteroatoms. The Morgan fingerprint density at radius 3 is 1.88 bits per heavy atom. The fraction of sp³-hybridized carbons (Fsp3) is 0.143. The smallest absolute Gasteiger partial charge is 0.338 e. The van der Waals surface area contributed by atoms with Crippen LogP contribution in [0.5, 0.6) is 5.75 Å². The van der Waals surface area contributed by atoms with Gasteiger partial charge in [0.25, 0.3) is 0 Å². The maximum absolute atomic E-state index is 14.6. The van der Waals surface area contributed by atoms with E-state index in [9.17, 15) is 14.0 Å². The second-order valence-electron chi connectivity index (χ2n) is 7.75. The molecule has 0 saturated heterocycles. The Morgan fingerprint density at radius 2 is 1.33 bits per heavy atom. The van der Waals surface area contributed by atoms with Gasteiger partial charge >= 0.3 is 11.9 Å². The van der Waals surface area contributed by atoms with E-state index in [1.165, 1.54) is 13.0 Å². The molecule has 0 fully saturated rings. The molecule has 0 bridgehead atoms. The van der Waals surface area contributed by atoms with Crippen LogP contribution in [-0.4, -0.2) is 18.5 Å². The minimum atomic E-state index is -0.592. The van der Waals surface area contributed by atoms with E-state index in [0.717, 1.165) is 16.7 Å². The van der Waals surface area contributed by atoms with E-state index >= 15 is 0 Å². The Labute approximate surface area is 193 Å². The highest BCUT2D eigenvalue weighted by atomic mass is 19.1. The summed E-state index contributed by atoms with van der Waals surface area (Å²) in [5, 5.41) is 0. The van der Waals surface area contributed by atoms with Gasteiger partial charge in [0.2, 0.25) is 0 Å². The van der Waals surface area contributed by atoms with Gasteiger partial charge in [-0.3, -0.25) is 0 Å². The number of hydrogen-bond acceptors (Lipinski definition) is 4. The van der Waals surface area contributed by atoms with Gasteiger partial charge in [0.05, 0.1) is 6.61 Å². The van der Waals surface area contributed by atoms with Crippen LogP contribution >= 0.6 is 0 Å². The highest BCUT2D eigenvalue weighted by Gasteiger charge is 2.11. The first kappa shape index (κ1) is 23.7. The van der Waals surface area contributed by atoms with Gasteiger partial charge in [0, 0.05) is 29.2 Å². The van der Waals surface area contributed by atoms with Crippen LogP contribution in [0.4, 0.5) is 4.39 Å². The molecule has 0 N–H and O–H groups in total. The number of benzene rings is 3. The molecule has 0 aliphatic rings. The number of halogens is 1. The molecule has 0 spiro atoms. The lowest BCUT2D eigenvalue weighted by atomic mass is 9.99. The van der Waals surface area contributed by atoms with Crippen molar-refractivity contribution in [2.45, 2.75) is 20.3 Å². The quantitative estimate of drug-likeness (QED) is 0.232. The van der Waals surface area contributed by atoms with E-state index in [1.807, 2.05) is 48.5 Å². The third kappa shape index (κ3) is 6.26. The van der Waals surface area contributed by atoms with E-state index in [4.69, 9.17) is 9.47 Å². The minimum absolute atomic E-state index is 0.135. The Morgan fingerprint density at radius 1 is 0.788 bits per heavy atom. The lowest BCUT2D eigenvalue weighted by Crippen LogP contribution is -2.08. The summed E-state index contributed by atoms with van der Waals surface area (Å²) in [4.78, 5) is 23.0. The summed E-state index contributed by atoms with van der Waals surface area (Å²) in [5.41, 5.74) is 4.82. The summed E-state index contributed by atoms with van der Waals surface area (Å²) in [7, 11) is 0. The summed E-state index contributed by atoms with van der Waals surface area (Å²) < 4.78 is 24.8. The highest BCUT2D eigenvalue weighted by Crippen LogP contribution is 2.29. The van der Waals surface area contributed by atoms with Crippen molar-refractivity contribution in [3.8, 4) is 28.0 Å². The Balaban J connectivity index is 1.66. The predicted octanol–water partition coefficient (Wildman–Crippen LogP) is 6.30. The van der Waals surface area contributed by atoms with Crippen molar-refractivity contribution in [2.24, 2.45) is 0 Å². The van der Waals surface area contributed by atoms with Crippen LogP contribution in [0.2, 0.25) is 0 Å². The van der Waals surface area contributed by atoms with Crippen molar-refractivity contribution >= 4 is 11.9 Å². The van der Waals surface area contributed by atoms with E-state index < -0.39 is 11.8 Å². The average Bonchev–Trinajstić information content (AvgIpc) is 2.79. The second-order valence-corrected chi connectivity index (χ2v) is 7.75. The molecular weight excluding hydrogens is 419 g/mol. The molecule has 4 nitrogen and oxygen atoms in total. The molecule has 0 atom stereocenters. The molecule has 0 unspecified atom stereocenters. The van der Waals surface area contributed by atoms with Crippen molar-refractivity contribution in [3.05, 3.63) is 102 Å². The summed E-state index contributed by atoms with van der Waals surface area (Å²) >= 11 is 0. The fourth-order valence-corrected chi connectivity index (χ4v) is 3.08. The van der Waals surface area contributed by atoms with Crippen LogP contribution in [-0.2, 0) is 20.7 Å². The van der Waals surface area contributed by atoms with Crippen LogP contribution < -0.4 is 4.74 Å². The van der Waals surface area contributed by atoms with Crippen molar-refractivity contribution in [1.29, 1.82) is 0 Å². The standard InChI is InChI=1S/C28H25FO4/c1-18(2)27(30)32-16-15-20-5-7-21(8-6-20)22-9-11-23(12-10-22)25-14-13-24(17-26(25)29)33-28(31)19(3)4/h5-14,17H,1,3,15-16H2,2,4H3. The van der Waals surface area contributed by atoms with Gasteiger partial charge in [-0.05, 0) is 48.2 Å². The molecule has 168 valence electrons. The summed E-state index contributed by atoms with van der Waals surface area (Å²) in [6, 6.07) is 19.8. The number of hydrogen-bond donors (Lipinski definition) is 0. The van der Waals surface area contributed by atoms with Crippen LogP contribution in [0.25, 0.3) is 22.3 Å². The third-order valence-electron chi connectivity index (χ3n) is 4.96. The first-order valence-corrected chi connectivity index (χ1v) is 10.4. The van der Waals surface area contributed by atoms with Crippen molar-refractivity contribution < 1.29 is 23.5 Å². The predicted molar refractivity (Wildman–Crippen MR) is 127 cm³/mol. The molecule has 0 aliphatic carbocycles. The van der Waals surface area contributed by atoms with E-state index in [0.29, 0.717) is 29.7 Å². The molecule has 0 radical (unpaired) electrons. The normalized spacial score (nSPS) is 10.4. The number of carbonyl (C=O) groups excluding carboxylic acids is 2. The van der Waals surface area contributed by atoms with E-state index in [-0.39, 0.29) is 17.3 Å². The van der Waals surface area contributed by atoms with Gasteiger partial charge in [-0.15, -0.1) is 0 Å². The Bertz CT molecular complexity index is 1190. The van der Waals surface area contributed by atoms with Gasteiger partial charge in [-0.1, -0.05) is 61.7 Å². The lowest BCUT2D eigenvalue weighted by Gasteiger charge is -2.09. The molecule has 3 aromatic rings. The lowest BCUT2D eigenvalue weighted by molar-refractivity contribution is -0.138. The highest BCUT2D eigenvalue weighted by molar-refractivity contribution is 5.89. The molecule has 0 heterocycles. The summed E-state index contributed by atoms with van der Waals surface area (Å²) in [5.74, 6) is -1.32. The van der Waals surface area contributed by atoms with Gasteiger partial charge in [0.15, 0.2) is 0 Å². The Hall–Kier alpha value is -3.99. The topological polar surface area (TPSA) is 52.6 Å². The Kier molecular flexibility index (Phi) is 7.57. The molecule has 3 rings (SSSR count). The van der Waals surface area contributed by atoms with Crippen molar-refractivity contribution in [2.75, 3.05) is 6.61 Å². The zero-order valence-corrected chi connectivity index (χ0v) is 18.7.